The first-order valence-electron chi connectivity index (χ1n) is 22.7. The van der Waals surface area contributed by atoms with Gasteiger partial charge in [0, 0.05) is 29.0 Å². The van der Waals surface area contributed by atoms with Crippen molar-refractivity contribution in [3.05, 3.63) is 152 Å². The van der Waals surface area contributed by atoms with Gasteiger partial charge < -0.3 is 34.9 Å². The molecule has 0 saturated carbocycles. The first kappa shape index (κ1) is 51.3. The molecule has 4 aromatic rings. The van der Waals surface area contributed by atoms with Crippen LogP contribution < -0.4 is 20.7 Å². The molecule has 1 unspecified atom stereocenters. The number of nitrogens with zero attached hydrogens (tertiary/aromatic N) is 1. The van der Waals surface area contributed by atoms with E-state index in [9.17, 15) is 29.2 Å². The number of halogens is 4. The quantitative estimate of drug-likeness (QED) is 0.0763. The third kappa shape index (κ3) is 11.4. The fraction of sp³-hybridized carbons (Fsp3) is 0.358. The lowest BCUT2D eigenvalue weighted by Gasteiger charge is -2.41. The zero-order valence-electron chi connectivity index (χ0n) is 38.9. The molecule has 13 nitrogen and oxygen atoms in total. The van der Waals surface area contributed by atoms with E-state index in [4.69, 9.17) is 42.1 Å². The van der Waals surface area contributed by atoms with Crippen LogP contribution in [0.3, 0.4) is 0 Å². The van der Waals surface area contributed by atoms with Crippen LogP contribution in [0.5, 0.6) is 5.75 Å². The second-order valence-corrected chi connectivity index (χ2v) is 19.3. The summed E-state index contributed by atoms with van der Waals surface area (Å²) >= 11 is 12.6. The van der Waals surface area contributed by atoms with E-state index in [0.717, 1.165) is 11.6 Å². The molecule has 3 N–H and O–H groups in total. The van der Waals surface area contributed by atoms with Gasteiger partial charge in [0.05, 0.1) is 35.5 Å². The number of hydrogen-bond acceptors (Lipinski definition) is 11. The molecule has 2 amide bonds. The van der Waals surface area contributed by atoms with Crippen molar-refractivity contribution in [1.82, 2.24) is 10.6 Å². The van der Waals surface area contributed by atoms with Gasteiger partial charge in [-0.2, -0.15) is 5.26 Å². The number of esters is 3. The van der Waals surface area contributed by atoms with Crippen molar-refractivity contribution in [2.75, 3.05) is 19.0 Å². The molecule has 3 aliphatic rings. The van der Waals surface area contributed by atoms with Crippen LogP contribution in [0.4, 0.5) is 14.5 Å². The Hall–Kier alpha value is -6.60. The Labute approximate surface area is 414 Å². The van der Waals surface area contributed by atoms with Crippen molar-refractivity contribution in [3.8, 4) is 11.8 Å². The molecular weight excluding hydrogens is 946 g/mol. The van der Waals surface area contributed by atoms with Gasteiger partial charge in [0.25, 0.3) is 5.91 Å². The van der Waals surface area contributed by atoms with Gasteiger partial charge >= 0.3 is 17.9 Å². The topological polar surface area (TPSA) is 182 Å². The maximum atomic E-state index is 16.5. The molecule has 0 radical (unpaired) electrons. The van der Waals surface area contributed by atoms with Crippen LogP contribution in [0, 0.1) is 34.4 Å². The number of ether oxygens (including phenoxy) is 4. The number of fused-ring (bicyclic) bond motifs is 4. The number of allylic oxidation sites excluding steroid dienone is 3. The predicted molar refractivity (Wildman–Crippen MR) is 256 cm³/mol. The highest BCUT2D eigenvalue weighted by Crippen LogP contribution is 2.55. The molecule has 4 bridgehead atoms. The smallest absolute Gasteiger partial charge is 0.339 e. The summed E-state index contributed by atoms with van der Waals surface area (Å²) in [5, 5.41) is 20.0. The zero-order valence-corrected chi connectivity index (χ0v) is 40.4. The minimum atomic E-state index is -1.90. The first-order chi connectivity index (χ1) is 33.4. The van der Waals surface area contributed by atoms with E-state index in [0.29, 0.717) is 17.5 Å². The monoisotopic (exact) mass is 996 g/mol. The molecule has 0 aromatic heterocycles. The average molecular weight is 998 g/mol. The van der Waals surface area contributed by atoms with E-state index >= 15 is 8.78 Å². The molecule has 6 atom stereocenters. The van der Waals surface area contributed by atoms with Crippen LogP contribution >= 0.6 is 23.2 Å². The predicted octanol–water partition coefficient (Wildman–Crippen LogP) is 9.11. The van der Waals surface area contributed by atoms with E-state index in [2.05, 4.69) is 22.0 Å². The molecule has 0 spiro atoms. The Morgan fingerprint density at radius 3 is 2.24 bits per heavy atom. The number of hydrogen-bond donors (Lipinski definition) is 3. The van der Waals surface area contributed by atoms with Gasteiger partial charge in [0.15, 0.2) is 6.61 Å². The van der Waals surface area contributed by atoms with E-state index in [-0.39, 0.29) is 77.1 Å². The molecule has 1 fully saturated rings. The van der Waals surface area contributed by atoms with Gasteiger partial charge in [-0.15, -0.1) is 0 Å². The Morgan fingerprint density at radius 1 is 0.929 bits per heavy atom. The molecule has 2 aliphatic heterocycles. The number of anilines is 1. The van der Waals surface area contributed by atoms with Gasteiger partial charge in [-0.05, 0) is 83.5 Å². The average Bonchev–Trinajstić information content (AvgIpc) is 3.64. The third-order valence-corrected chi connectivity index (χ3v) is 13.5. The molecule has 70 heavy (non-hydrogen) atoms. The fourth-order valence-corrected chi connectivity index (χ4v) is 10.0. The molecule has 366 valence electrons. The standard InChI is InChI=1S/C53H52Cl2F2N4O9/c1-30-15-18-37(55)47(57)45(30)46-48-49(64)60-40-21-33(24-52(2,3)25-42(61-48)53(46,29-58)36-17-16-34(54)22-38(36)56)35(23-41(40)67-4)50(65)70-28-43(62)59-39(51(66)69-27-32-13-9-6-10-14-32)19-20-44(63)68-26-31-11-7-5-8-12-31/h5-14,16-18,21-23,30,39,42,46,48,61H,15,19-20,24-28H2,1-4H3,(H,59,62)(H,60,64)/t30?,39-,42-,46-,48+,53-/m0/s1. The summed E-state index contributed by atoms with van der Waals surface area (Å²) in [5.74, 6) is -7.35. The highest BCUT2D eigenvalue weighted by molar-refractivity contribution is 6.32. The Morgan fingerprint density at radius 2 is 1.60 bits per heavy atom. The van der Waals surface area contributed by atoms with Gasteiger partial charge in [-0.3, -0.25) is 14.4 Å². The maximum Gasteiger partial charge on any atom is 0.339 e. The van der Waals surface area contributed by atoms with Gasteiger partial charge in [-0.1, -0.05) is 117 Å². The van der Waals surface area contributed by atoms with Crippen molar-refractivity contribution in [2.45, 2.75) is 89.6 Å². The van der Waals surface area contributed by atoms with Gasteiger partial charge in [-0.25, -0.2) is 18.4 Å². The van der Waals surface area contributed by atoms with Crippen molar-refractivity contribution in [1.29, 1.82) is 5.26 Å². The number of nitriles is 1. The molecule has 2 heterocycles. The second kappa shape index (κ2) is 22.0. The number of rotatable bonds is 15. The lowest BCUT2D eigenvalue weighted by atomic mass is 9.60. The molecular formula is C53H52Cl2F2N4O9. The van der Waals surface area contributed by atoms with Crippen molar-refractivity contribution in [3.63, 3.8) is 0 Å². The second-order valence-electron chi connectivity index (χ2n) is 18.5. The van der Waals surface area contributed by atoms with E-state index in [1.165, 1.54) is 31.4 Å². The fourth-order valence-electron chi connectivity index (χ4n) is 9.65. The SMILES string of the molecule is COc1cc(C(=O)OCC(=O)N[C@@H](CCC(=O)OCc2ccccc2)C(=O)OCc2ccccc2)c2cc1NC(=O)[C@@H]1N[C@@H](CC(C)(C)C2)[C@](C#N)(c2ccc(Cl)cc2F)[C@H]1C1=C(F)C(Cl)=CCC1C. The van der Waals surface area contributed by atoms with Gasteiger partial charge in [0.2, 0.25) is 5.91 Å². The van der Waals surface area contributed by atoms with Crippen LogP contribution in [0.2, 0.25) is 5.02 Å². The minimum Gasteiger partial charge on any atom is -0.495 e. The summed E-state index contributed by atoms with van der Waals surface area (Å²) in [7, 11) is 1.32. The lowest BCUT2D eigenvalue weighted by Crippen LogP contribution is -2.47. The number of carbonyl (C=O) groups excluding carboxylic acids is 5. The van der Waals surface area contributed by atoms with Crippen LogP contribution in [-0.4, -0.2) is 61.6 Å². The Kier molecular flexibility index (Phi) is 16.1. The summed E-state index contributed by atoms with van der Waals surface area (Å²) < 4.78 is 54.9. The number of benzene rings is 4. The lowest BCUT2D eigenvalue weighted by molar-refractivity contribution is -0.150. The van der Waals surface area contributed by atoms with E-state index in [1.807, 2.05) is 19.9 Å². The zero-order chi connectivity index (χ0) is 50.3. The largest absolute Gasteiger partial charge is 0.495 e. The molecule has 1 saturated heterocycles. The number of methoxy groups -OCH3 is 1. The number of carbonyl (C=O) groups is 5. The number of nitrogens with one attached hydrogen (secondary N) is 3. The summed E-state index contributed by atoms with van der Waals surface area (Å²) in [6.07, 6.45) is 1.59. The third-order valence-electron chi connectivity index (χ3n) is 13.0. The Bertz CT molecular complexity index is 2770. The van der Waals surface area contributed by atoms with Gasteiger partial charge in [0.1, 0.15) is 42.1 Å². The number of amides is 2. The normalized spacial score (nSPS) is 22.0. The Balaban J connectivity index is 1.15. The highest BCUT2D eigenvalue weighted by Gasteiger charge is 2.62. The molecule has 1 aliphatic carbocycles. The van der Waals surface area contributed by atoms with Crippen molar-refractivity contribution >= 4 is 58.6 Å². The van der Waals surface area contributed by atoms with Crippen LogP contribution in [0.1, 0.15) is 79.1 Å². The van der Waals surface area contributed by atoms with E-state index < -0.39 is 88.8 Å². The minimum absolute atomic E-state index is 0.0115. The summed E-state index contributed by atoms with van der Waals surface area (Å²) in [5.41, 5.74) is -0.818. The maximum absolute atomic E-state index is 16.5. The molecule has 4 aromatic carbocycles. The van der Waals surface area contributed by atoms with Crippen LogP contribution in [-0.2, 0) is 58.4 Å². The van der Waals surface area contributed by atoms with Crippen LogP contribution in [0.15, 0.2) is 114 Å². The molecule has 17 heteroatoms. The van der Waals surface area contributed by atoms with Crippen molar-refractivity contribution in [2.24, 2.45) is 17.3 Å². The van der Waals surface area contributed by atoms with Crippen molar-refractivity contribution < 1.29 is 51.7 Å². The summed E-state index contributed by atoms with van der Waals surface area (Å²) in [6, 6.07) is 23.5. The molecule has 7 rings (SSSR count). The summed E-state index contributed by atoms with van der Waals surface area (Å²) in [4.78, 5) is 68.4. The first-order valence-corrected chi connectivity index (χ1v) is 23.5. The van der Waals surface area contributed by atoms with E-state index in [1.54, 1.807) is 67.6 Å². The summed E-state index contributed by atoms with van der Waals surface area (Å²) in [6.45, 7) is 4.56. The van der Waals surface area contributed by atoms with Crippen LogP contribution in [0.25, 0.3) is 0 Å². The highest BCUT2D eigenvalue weighted by atomic mass is 35.5.